The molecule has 11 heteroatoms. The van der Waals surface area contributed by atoms with E-state index in [0.717, 1.165) is 74.5 Å². The van der Waals surface area contributed by atoms with Crippen molar-refractivity contribution in [1.29, 1.82) is 0 Å². The summed E-state index contributed by atoms with van der Waals surface area (Å²) >= 11 is 0. The van der Waals surface area contributed by atoms with Crippen LogP contribution in [0.3, 0.4) is 0 Å². The van der Waals surface area contributed by atoms with Crippen molar-refractivity contribution in [3.8, 4) is 0 Å². The summed E-state index contributed by atoms with van der Waals surface area (Å²) in [6.07, 6.45) is 33.5. The molecular formula is C115H140N8O3. The number of aromatic nitrogens is 3. The Kier molecular flexibility index (Phi) is 20.7. The smallest absolute Gasteiger partial charge is 0.227 e. The number of para-hydroxylation sites is 4. The Hall–Kier alpha value is -9.61. The van der Waals surface area contributed by atoms with Gasteiger partial charge in [0, 0.05) is 131 Å². The van der Waals surface area contributed by atoms with Crippen LogP contribution in [-0.4, -0.2) is 61.8 Å². The molecule has 7 aromatic carbocycles. The highest BCUT2D eigenvalue weighted by atomic mass is 16.3. The Bertz CT molecular complexity index is 6130. The molecule has 9 fully saturated rings. The van der Waals surface area contributed by atoms with Gasteiger partial charge in [0.2, 0.25) is 5.71 Å². The molecule has 0 N–H and O–H groups in total. The van der Waals surface area contributed by atoms with E-state index in [0.29, 0.717) is 51.9 Å². The third-order valence-electron chi connectivity index (χ3n) is 35.5. The number of hydrogen-bond acceptors (Lipinski definition) is 11. The van der Waals surface area contributed by atoms with Gasteiger partial charge in [0.05, 0.1) is 17.1 Å². The fourth-order valence-electron chi connectivity index (χ4n) is 30.4. The molecule has 0 amide bonds. The van der Waals surface area contributed by atoms with E-state index >= 15 is 0 Å². The highest BCUT2D eigenvalue weighted by molar-refractivity contribution is 6.12. The molecule has 126 heavy (non-hydrogen) atoms. The summed E-state index contributed by atoms with van der Waals surface area (Å²) in [6, 6.07) is 63.4. The number of aryl methyl sites for hydroxylation is 5. The zero-order chi connectivity index (χ0) is 87.9. The second-order valence-electron chi connectivity index (χ2n) is 44.9. The van der Waals surface area contributed by atoms with E-state index in [9.17, 15) is 0 Å². The molecule has 6 saturated carbocycles. The predicted molar refractivity (Wildman–Crippen MR) is 527 cm³/mol. The van der Waals surface area contributed by atoms with E-state index in [1.807, 2.05) is 24.5 Å². The van der Waals surface area contributed by atoms with E-state index in [-0.39, 0.29) is 27.4 Å². The Morgan fingerprint density at radius 2 is 0.746 bits per heavy atom. The van der Waals surface area contributed by atoms with Gasteiger partial charge in [-0.3, -0.25) is 0 Å². The molecular weight excluding hydrogens is 1540 g/mol. The molecule has 24 rings (SSSR count). The standard InChI is InChI=1S/C27H32N2.C25H31NO.C22H27NO.C21H26N2O.C20H24N2/c1-17-6-3-4-8-22(17)29-18(2)27(21-7-5-13-28-25(21)29)23-11-9-19-14-20-10-12-24(27)26(23,15-19)16-20;1-17-12-13-20-19-10-6-7-11-21(19)27-23(20)22(17)26-18(2)25(16-24(26,3)4)14-8-5-9-15-25;1-14-11-12-17-16-9-7-8-10-18(16)24-20(17)19(14)23-15(2)21(3,4)13-22(23,5)6;1-13-9-10-15-16-8-7-11-22-19(16)24-18(15)17(13)23-14(2)20(3,4)12-21(23,5)6;1-15-9-4-5-11-18(15)22-16(2)20(12-6-3-7-13-20)17-10-8-14-21-19(17)22/h3-8,13,18-20,23-24H,9-12,14-16H2,1-2H3;6-7,10-13,18H,5,8-9,14-16H2,1-4H3;7-12,15H,13H2,1-6H3;7-11,14H,12H2,1-6H3;4-5,8-11,14,16H,3,6-7,12-13H2,1-2H3. The number of nitrogens with zero attached hydrogens (tertiary/aromatic N) is 8. The van der Waals surface area contributed by atoms with Crippen molar-refractivity contribution in [2.45, 2.75) is 325 Å². The van der Waals surface area contributed by atoms with Crippen LogP contribution >= 0.6 is 0 Å². The fraction of sp³-hybridized carbons (Fsp3) is 0.504. The van der Waals surface area contributed by atoms with Crippen LogP contribution in [-0.2, 0) is 10.8 Å². The molecule has 6 aliphatic carbocycles. The van der Waals surface area contributed by atoms with E-state index in [4.69, 9.17) is 23.2 Å². The second kappa shape index (κ2) is 30.8. The van der Waals surface area contributed by atoms with E-state index in [1.165, 1.54) is 217 Å². The van der Waals surface area contributed by atoms with Gasteiger partial charge in [-0.05, 0) is 310 Å². The fourth-order valence-corrected chi connectivity index (χ4v) is 30.4. The molecule has 13 aromatic rings. The predicted octanol–water partition coefficient (Wildman–Crippen LogP) is 30.7. The lowest BCUT2D eigenvalue weighted by atomic mass is 9.27. The highest BCUT2D eigenvalue weighted by Gasteiger charge is 2.78. The summed E-state index contributed by atoms with van der Waals surface area (Å²) in [5.74, 6) is 6.23. The lowest BCUT2D eigenvalue weighted by Crippen LogP contribution is -2.75. The van der Waals surface area contributed by atoms with Gasteiger partial charge >= 0.3 is 0 Å². The summed E-state index contributed by atoms with van der Waals surface area (Å²) in [4.78, 5) is 27.2. The van der Waals surface area contributed by atoms with E-state index < -0.39 is 0 Å². The maximum Gasteiger partial charge on any atom is 0.227 e. The van der Waals surface area contributed by atoms with Gasteiger partial charge in [-0.25, -0.2) is 15.0 Å². The number of anilines is 7. The molecule has 5 aliphatic heterocycles. The average molecular weight is 1680 g/mol. The lowest BCUT2D eigenvalue weighted by Gasteiger charge is -2.76. The molecule has 9 atom stereocenters. The van der Waals surface area contributed by atoms with Crippen molar-refractivity contribution < 1.29 is 13.3 Å². The largest absolute Gasteiger partial charge is 0.454 e. The lowest BCUT2D eigenvalue weighted by molar-refractivity contribution is -0.240. The Morgan fingerprint density at radius 1 is 0.341 bits per heavy atom. The number of hydrogen-bond donors (Lipinski definition) is 0. The molecule has 6 aromatic heterocycles. The number of furan rings is 3. The van der Waals surface area contributed by atoms with E-state index in [1.54, 1.807) is 11.8 Å². The van der Waals surface area contributed by atoms with Crippen molar-refractivity contribution >= 4 is 106 Å². The minimum absolute atomic E-state index is 0.0916. The molecule has 4 spiro atoms. The summed E-state index contributed by atoms with van der Waals surface area (Å²) in [5, 5.41) is 7.16. The first-order valence-corrected chi connectivity index (χ1v) is 48.8. The Labute approximate surface area is 751 Å². The molecule has 11 nitrogen and oxygen atoms in total. The maximum absolute atomic E-state index is 6.45. The monoisotopic (exact) mass is 1680 g/mol. The summed E-state index contributed by atoms with van der Waals surface area (Å²) < 4.78 is 19.0. The van der Waals surface area contributed by atoms with Crippen molar-refractivity contribution in [3.63, 3.8) is 0 Å². The van der Waals surface area contributed by atoms with Crippen LogP contribution in [0.15, 0.2) is 202 Å². The normalized spacial score (nSPS) is 27.9. The third-order valence-corrected chi connectivity index (χ3v) is 35.5. The highest BCUT2D eigenvalue weighted by Crippen LogP contribution is 2.81. The molecule has 11 heterocycles. The molecule has 3 bridgehead atoms. The van der Waals surface area contributed by atoms with Gasteiger partial charge < -0.3 is 37.8 Å². The van der Waals surface area contributed by atoms with Crippen LogP contribution in [0.1, 0.15) is 271 Å². The van der Waals surface area contributed by atoms with Crippen molar-refractivity contribution in [1.82, 2.24) is 15.0 Å². The third kappa shape index (κ3) is 13.0. The van der Waals surface area contributed by atoms with Gasteiger partial charge in [-0.1, -0.05) is 200 Å². The molecule has 658 valence electrons. The average Bonchev–Trinajstić information content (AvgIpc) is 1.41. The number of fused-ring (bicyclic) bond motifs is 17. The van der Waals surface area contributed by atoms with Gasteiger partial charge in [-0.2, -0.15) is 0 Å². The zero-order valence-electron chi connectivity index (χ0n) is 79.5. The minimum Gasteiger partial charge on any atom is -0.454 e. The Morgan fingerprint density at radius 3 is 1.24 bits per heavy atom. The molecule has 3 saturated heterocycles. The SMILES string of the molecule is Cc1ccc2c(oc3ccccc32)c1N1C(C)C(C)(C)CC1(C)C.Cc1ccc2c(oc3ccccc32)c1N1C(C)C2(CCCCC2)CC1(C)C.Cc1ccc2c(oc3ncccc32)c1N1C(C)C(C)(C)CC1(C)C.Cc1ccccc1N1c2ncccc2C2(C1C)C1CCC3CC4CCC2C1(C3)C4.Cc1ccccc1N1c2ncccc2C2(CCCCC2)C1C. The minimum atomic E-state index is 0.0916. The maximum atomic E-state index is 6.45. The van der Waals surface area contributed by atoms with E-state index in [2.05, 4.69) is 326 Å². The molecule has 0 radical (unpaired) electrons. The quantitative estimate of drug-likeness (QED) is 0.165. The Balaban J connectivity index is 0.0000000997. The van der Waals surface area contributed by atoms with Crippen LogP contribution in [0.2, 0.25) is 0 Å². The van der Waals surface area contributed by atoms with Crippen LogP contribution in [0.5, 0.6) is 0 Å². The van der Waals surface area contributed by atoms with Gasteiger partial charge in [0.15, 0.2) is 16.7 Å². The summed E-state index contributed by atoms with van der Waals surface area (Å²) in [5.41, 5.74) is 24.6. The van der Waals surface area contributed by atoms with Crippen molar-refractivity contribution in [3.05, 3.63) is 227 Å². The summed E-state index contributed by atoms with van der Waals surface area (Å²) in [6.45, 7) is 47.0. The molecule has 11 aliphatic rings. The van der Waals surface area contributed by atoms with Crippen LogP contribution in [0.4, 0.5) is 40.1 Å². The number of rotatable bonds is 5. The summed E-state index contributed by atoms with van der Waals surface area (Å²) in [7, 11) is 0. The first kappa shape index (κ1) is 84.5. The number of benzene rings is 7. The van der Waals surface area contributed by atoms with Gasteiger partial charge in [-0.15, -0.1) is 0 Å². The first-order chi connectivity index (χ1) is 60.3. The first-order valence-electron chi connectivity index (χ1n) is 48.8. The van der Waals surface area contributed by atoms with Gasteiger partial charge in [0.1, 0.15) is 22.8 Å². The molecule has 9 unspecified atom stereocenters. The zero-order valence-corrected chi connectivity index (χ0v) is 79.5. The van der Waals surface area contributed by atoms with Crippen LogP contribution in [0, 0.1) is 80.0 Å². The second-order valence-corrected chi connectivity index (χ2v) is 44.9. The van der Waals surface area contributed by atoms with Gasteiger partial charge in [0.25, 0.3) is 0 Å². The van der Waals surface area contributed by atoms with Crippen molar-refractivity contribution in [2.75, 3.05) is 24.5 Å². The van der Waals surface area contributed by atoms with Crippen LogP contribution in [0.25, 0.3) is 65.9 Å². The van der Waals surface area contributed by atoms with Crippen LogP contribution < -0.4 is 24.5 Å². The number of pyridine rings is 3. The topological polar surface area (TPSA) is 94.3 Å². The van der Waals surface area contributed by atoms with Crippen molar-refractivity contribution in [2.24, 2.45) is 45.3 Å².